The minimum absolute atomic E-state index is 0.0557. The van der Waals surface area contributed by atoms with Gasteiger partial charge >= 0.3 is 6.03 Å². The number of carbonyl (C=O) groups is 1. The highest BCUT2D eigenvalue weighted by Gasteiger charge is 2.23. The Morgan fingerprint density at radius 3 is 2.21 bits per heavy atom. The van der Waals surface area contributed by atoms with Gasteiger partial charge in [-0.1, -0.05) is 76.6 Å². The Morgan fingerprint density at radius 1 is 0.971 bits per heavy atom. The van der Waals surface area contributed by atoms with Crippen molar-refractivity contribution in [3.05, 3.63) is 88.2 Å². The highest BCUT2D eigenvalue weighted by molar-refractivity contribution is 6.30. The zero-order valence-electron chi connectivity index (χ0n) is 21.3. The van der Waals surface area contributed by atoms with Gasteiger partial charge < -0.3 is 14.8 Å². The van der Waals surface area contributed by atoms with Gasteiger partial charge in [-0.15, -0.1) is 0 Å². The van der Waals surface area contributed by atoms with Crippen molar-refractivity contribution in [1.29, 1.82) is 0 Å². The van der Waals surface area contributed by atoms with Crippen molar-refractivity contribution >= 4 is 23.3 Å². The molecule has 0 fully saturated rings. The second kappa shape index (κ2) is 11.6. The molecule has 3 aromatic rings. The lowest BCUT2D eigenvalue weighted by Gasteiger charge is -2.31. The van der Waals surface area contributed by atoms with E-state index < -0.39 is 0 Å². The summed E-state index contributed by atoms with van der Waals surface area (Å²) in [5.41, 5.74) is 5.54. The SMILES string of the molecule is CCC(C)N(Cc1cccn1Cc1cccc(Cl)c1)C(=O)Nc1c(C(C)C)cccc1C(C)C. The molecule has 182 valence electrons. The maximum Gasteiger partial charge on any atom is 0.322 e. The van der Waals surface area contributed by atoms with E-state index in [0.717, 1.165) is 28.4 Å². The summed E-state index contributed by atoms with van der Waals surface area (Å²) in [4.78, 5) is 15.6. The number of carbonyl (C=O) groups excluding carboxylic acids is 1. The zero-order chi connectivity index (χ0) is 24.8. The monoisotopic (exact) mass is 479 g/mol. The summed E-state index contributed by atoms with van der Waals surface area (Å²) >= 11 is 6.19. The molecule has 4 nitrogen and oxygen atoms in total. The number of aromatic nitrogens is 1. The van der Waals surface area contributed by atoms with Gasteiger partial charge in [0.15, 0.2) is 0 Å². The molecule has 0 radical (unpaired) electrons. The normalized spacial score (nSPS) is 12.3. The molecule has 34 heavy (non-hydrogen) atoms. The van der Waals surface area contributed by atoms with E-state index in [9.17, 15) is 4.79 Å². The molecular weight excluding hydrogens is 442 g/mol. The fraction of sp³-hybridized carbons (Fsp3) is 0.414. The van der Waals surface area contributed by atoms with E-state index in [-0.39, 0.29) is 12.1 Å². The number of para-hydroxylation sites is 1. The van der Waals surface area contributed by atoms with Crippen molar-refractivity contribution in [2.24, 2.45) is 0 Å². The van der Waals surface area contributed by atoms with Crippen molar-refractivity contribution in [2.45, 2.75) is 78.9 Å². The second-order valence-electron chi connectivity index (χ2n) is 9.69. The van der Waals surface area contributed by atoms with E-state index in [0.29, 0.717) is 24.9 Å². The maximum atomic E-state index is 13.7. The Hall–Kier alpha value is -2.72. The summed E-state index contributed by atoms with van der Waals surface area (Å²) in [6.07, 6.45) is 2.94. The molecule has 0 aliphatic rings. The smallest absolute Gasteiger partial charge is 0.322 e. The van der Waals surface area contributed by atoms with Crippen LogP contribution in [0.4, 0.5) is 10.5 Å². The summed E-state index contributed by atoms with van der Waals surface area (Å²) < 4.78 is 2.19. The molecule has 0 spiro atoms. The Kier molecular flexibility index (Phi) is 8.84. The van der Waals surface area contributed by atoms with Crippen LogP contribution in [0.25, 0.3) is 0 Å². The third-order valence-corrected chi connectivity index (χ3v) is 6.72. The molecule has 0 saturated heterocycles. The van der Waals surface area contributed by atoms with Crippen LogP contribution in [0.5, 0.6) is 0 Å². The number of hydrogen-bond acceptors (Lipinski definition) is 1. The molecular formula is C29H38ClN3O. The number of halogens is 1. The lowest BCUT2D eigenvalue weighted by Crippen LogP contribution is -2.41. The lowest BCUT2D eigenvalue weighted by molar-refractivity contribution is 0.185. The molecule has 1 unspecified atom stereocenters. The van der Waals surface area contributed by atoms with E-state index in [1.807, 2.05) is 29.2 Å². The largest absolute Gasteiger partial charge is 0.345 e. The van der Waals surface area contributed by atoms with Gasteiger partial charge in [0.1, 0.15) is 0 Å². The molecule has 0 saturated carbocycles. The Morgan fingerprint density at radius 2 is 1.62 bits per heavy atom. The quantitative estimate of drug-likeness (QED) is 0.329. The van der Waals surface area contributed by atoms with Crippen LogP contribution in [-0.4, -0.2) is 21.5 Å². The van der Waals surface area contributed by atoms with Gasteiger partial charge in [0.25, 0.3) is 0 Å². The van der Waals surface area contributed by atoms with Gasteiger partial charge in [-0.25, -0.2) is 4.79 Å². The minimum atomic E-state index is -0.0557. The van der Waals surface area contributed by atoms with Crippen molar-refractivity contribution in [2.75, 3.05) is 5.32 Å². The third kappa shape index (κ3) is 6.24. The van der Waals surface area contributed by atoms with Gasteiger partial charge in [0, 0.05) is 35.2 Å². The van der Waals surface area contributed by atoms with Crippen LogP contribution in [0.15, 0.2) is 60.8 Å². The summed E-state index contributed by atoms with van der Waals surface area (Å²) in [5.74, 6) is 0.641. The fourth-order valence-corrected chi connectivity index (χ4v) is 4.49. The predicted octanol–water partition coefficient (Wildman–Crippen LogP) is 8.27. The number of hydrogen-bond donors (Lipinski definition) is 1. The van der Waals surface area contributed by atoms with Crippen LogP contribution in [-0.2, 0) is 13.1 Å². The highest BCUT2D eigenvalue weighted by Crippen LogP contribution is 2.33. The van der Waals surface area contributed by atoms with Crippen molar-refractivity contribution in [3.8, 4) is 0 Å². The van der Waals surface area contributed by atoms with Crippen LogP contribution in [0.1, 0.15) is 82.2 Å². The fourth-order valence-electron chi connectivity index (χ4n) is 4.28. The zero-order valence-corrected chi connectivity index (χ0v) is 22.1. The van der Waals surface area contributed by atoms with Gasteiger partial charge in [-0.3, -0.25) is 0 Å². The summed E-state index contributed by atoms with van der Waals surface area (Å²) in [6.45, 7) is 14.2. The van der Waals surface area contributed by atoms with Crippen LogP contribution in [0, 0.1) is 0 Å². The first-order valence-corrected chi connectivity index (χ1v) is 12.7. The van der Waals surface area contributed by atoms with Crippen molar-refractivity contribution in [1.82, 2.24) is 9.47 Å². The molecule has 0 bridgehead atoms. The van der Waals surface area contributed by atoms with E-state index in [1.54, 1.807) is 0 Å². The van der Waals surface area contributed by atoms with E-state index in [4.69, 9.17) is 11.6 Å². The van der Waals surface area contributed by atoms with Crippen LogP contribution in [0.2, 0.25) is 5.02 Å². The van der Waals surface area contributed by atoms with E-state index in [2.05, 4.69) is 88.0 Å². The number of benzene rings is 2. The van der Waals surface area contributed by atoms with Crippen LogP contribution >= 0.6 is 11.6 Å². The number of rotatable bonds is 9. The Labute approximate surface area is 209 Å². The molecule has 1 atom stereocenters. The number of nitrogens with zero attached hydrogens (tertiary/aromatic N) is 2. The van der Waals surface area contributed by atoms with Crippen molar-refractivity contribution in [3.63, 3.8) is 0 Å². The van der Waals surface area contributed by atoms with Crippen molar-refractivity contribution < 1.29 is 4.79 Å². The first kappa shape index (κ1) is 25.9. The van der Waals surface area contributed by atoms with Gasteiger partial charge in [-0.05, 0) is 66.1 Å². The van der Waals surface area contributed by atoms with E-state index in [1.165, 1.54) is 11.1 Å². The number of anilines is 1. The third-order valence-electron chi connectivity index (χ3n) is 6.49. The molecule has 2 amide bonds. The summed E-state index contributed by atoms with van der Waals surface area (Å²) in [5, 5.41) is 4.04. The summed E-state index contributed by atoms with van der Waals surface area (Å²) in [6, 6.07) is 18.4. The molecule has 1 N–H and O–H groups in total. The standard InChI is InChI=1S/C29H38ClN3O/c1-7-22(6)33(19-25-13-10-16-32(25)18-23-11-8-12-24(30)17-23)29(34)31-28-26(20(2)3)14-9-15-27(28)21(4)5/h8-17,20-22H,7,18-19H2,1-6H3,(H,31,34). The Balaban J connectivity index is 1.88. The molecule has 2 aromatic carbocycles. The first-order chi connectivity index (χ1) is 16.2. The summed E-state index contributed by atoms with van der Waals surface area (Å²) in [7, 11) is 0. The highest BCUT2D eigenvalue weighted by atomic mass is 35.5. The molecule has 5 heteroatoms. The van der Waals surface area contributed by atoms with Gasteiger partial charge in [-0.2, -0.15) is 0 Å². The lowest BCUT2D eigenvalue weighted by atomic mass is 9.92. The van der Waals surface area contributed by atoms with Gasteiger partial charge in [0.2, 0.25) is 0 Å². The molecule has 0 aliphatic heterocycles. The second-order valence-corrected chi connectivity index (χ2v) is 10.1. The van der Waals surface area contributed by atoms with Gasteiger partial charge in [0.05, 0.1) is 6.54 Å². The first-order valence-electron chi connectivity index (χ1n) is 12.3. The van der Waals surface area contributed by atoms with Crippen LogP contribution < -0.4 is 5.32 Å². The average Bonchev–Trinajstić information content (AvgIpc) is 3.23. The Bertz CT molecular complexity index is 1080. The maximum absolute atomic E-state index is 13.7. The predicted molar refractivity (Wildman–Crippen MR) is 144 cm³/mol. The van der Waals surface area contributed by atoms with Crippen LogP contribution in [0.3, 0.4) is 0 Å². The number of amides is 2. The molecule has 0 aliphatic carbocycles. The molecule has 1 aromatic heterocycles. The number of nitrogens with one attached hydrogen (secondary N) is 1. The molecule has 3 rings (SSSR count). The topological polar surface area (TPSA) is 37.3 Å². The number of urea groups is 1. The molecule has 1 heterocycles. The minimum Gasteiger partial charge on any atom is -0.345 e. The van der Waals surface area contributed by atoms with E-state index >= 15 is 0 Å². The average molecular weight is 480 g/mol.